The van der Waals surface area contributed by atoms with Crippen molar-refractivity contribution in [2.75, 3.05) is 4.90 Å². The number of fused-ring (bicyclic) bond motifs is 1. The van der Waals surface area contributed by atoms with Crippen LogP contribution in [0.15, 0.2) is 42.5 Å². The molecule has 0 fully saturated rings. The molecule has 8 nitrogen and oxygen atoms in total. The maximum atomic E-state index is 12.2. The van der Waals surface area contributed by atoms with E-state index in [1.54, 1.807) is 23.1 Å². The average molecular weight is 327 g/mol. The van der Waals surface area contributed by atoms with E-state index in [9.17, 15) is 25.0 Å². The van der Waals surface area contributed by atoms with Gasteiger partial charge in [-0.1, -0.05) is 12.1 Å². The minimum absolute atomic E-state index is 0.00150. The second-order valence-electron chi connectivity index (χ2n) is 5.47. The second kappa shape index (κ2) is 6.07. The van der Waals surface area contributed by atoms with Gasteiger partial charge < -0.3 is 4.90 Å². The third-order valence-electron chi connectivity index (χ3n) is 3.96. The largest absolute Gasteiger partial charge is 0.308 e. The minimum atomic E-state index is -0.482. The van der Waals surface area contributed by atoms with Gasteiger partial charge in [-0.3, -0.25) is 25.0 Å². The van der Waals surface area contributed by atoms with Gasteiger partial charge in [0.25, 0.3) is 11.4 Å². The first kappa shape index (κ1) is 15.6. The third-order valence-corrected chi connectivity index (χ3v) is 3.96. The predicted molar refractivity (Wildman–Crippen MR) is 85.7 cm³/mol. The fourth-order valence-electron chi connectivity index (χ4n) is 2.74. The number of carbonyl (C=O) groups is 1. The predicted octanol–water partition coefficient (Wildman–Crippen LogP) is 2.98. The first-order chi connectivity index (χ1) is 11.5. The summed E-state index contributed by atoms with van der Waals surface area (Å²) in [5.41, 5.74) is 2.14. The van der Waals surface area contributed by atoms with Crippen LogP contribution in [0.5, 0.6) is 0 Å². The topological polar surface area (TPSA) is 107 Å². The summed E-state index contributed by atoms with van der Waals surface area (Å²) in [4.78, 5) is 34.4. The van der Waals surface area contributed by atoms with E-state index >= 15 is 0 Å². The summed E-state index contributed by atoms with van der Waals surface area (Å²) < 4.78 is 0. The number of nitro benzene ring substituents is 2. The molecule has 0 bridgehead atoms. The second-order valence-corrected chi connectivity index (χ2v) is 5.47. The maximum absolute atomic E-state index is 12.2. The van der Waals surface area contributed by atoms with E-state index in [-0.39, 0.29) is 30.2 Å². The lowest BCUT2D eigenvalue weighted by Crippen LogP contribution is -2.34. The lowest BCUT2D eigenvalue weighted by Gasteiger charge is -2.29. The third kappa shape index (κ3) is 2.94. The molecule has 0 aliphatic carbocycles. The van der Waals surface area contributed by atoms with E-state index in [2.05, 4.69) is 0 Å². The molecule has 1 aliphatic rings. The van der Waals surface area contributed by atoms with E-state index in [1.165, 1.54) is 24.3 Å². The van der Waals surface area contributed by atoms with Crippen LogP contribution in [0.1, 0.15) is 17.5 Å². The minimum Gasteiger partial charge on any atom is -0.308 e. The lowest BCUT2D eigenvalue weighted by molar-refractivity contribution is -0.385. The van der Waals surface area contributed by atoms with Gasteiger partial charge in [0, 0.05) is 36.4 Å². The Kier molecular flexibility index (Phi) is 3.95. The molecule has 0 unspecified atom stereocenters. The molecule has 8 heteroatoms. The van der Waals surface area contributed by atoms with Crippen molar-refractivity contribution in [3.8, 4) is 0 Å². The molecular formula is C16H13N3O5. The van der Waals surface area contributed by atoms with E-state index in [1.807, 2.05) is 0 Å². The highest BCUT2D eigenvalue weighted by atomic mass is 16.6. The molecule has 1 aliphatic heterocycles. The van der Waals surface area contributed by atoms with Crippen LogP contribution in [0.25, 0.3) is 0 Å². The number of benzene rings is 2. The van der Waals surface area contributed by atoms with E-state index in [0.717, 1.165) is 11.1 Å². The number of nitro groups is 2. The van der Waals surface area contributed by atoms with Crippen molar-refractivity contribution in [1.82, 2.24) is 0 Å². The molecule has 0 aromatic heterocycles. The molecular weight excluding hydrogens is 314 g/mol. The Morgan fingerprint density at radius 3 is 2.17 bits per heavy atom. The van der Waals surface area contributed by atoms with Crippen LogP contribution in [-0.4, -0.2) is 15.8 Å². The zero-order chi connectivity index (χ0) is 17.3. The number of anilines is 1. The number of rotatable bonds is 4. The lowest BCUT2D eigenvalue weighted by atomic mass is 9.99. The quantitative estimate of drug-likeness (QED) is 0.634. The SMILES string of the molecule is O=C1CCc2cc([N+](=O)[O-])ccc2N1Cc1ccc([N+](=O)[O-])cc1. The highest BCUT2D eigenvalue weighted by Gasteiger charge is 2.26. The summed E-state index contributed by atoms with van der Waals surface area (Å²) in [7, 11) is 0. The molecule has 0 saturated heterocycles. The summed E-state index contributed by atoms with van der Waals surface area (Å²) >= 11 is 0. The van der Waals surface area contributed by atoms with Crippen molar-refractivity contribution >= 4 is 23.0 Å². The summed E-state index contributed by atoms with van der Waals surface area (Å²) in [5, 5.41) is 21.6. The number of carbonyl (C=O) groups excluding carboxylic acids is 1. The molecule has 3 rings (SSSR count). The van der Waals surface area contributed by atoms with Gasteiger partial charge in [0.15, 0.2) is 0 Å². The van der Waals surface area contributed by atoms with Crippen molar-refractivity contribution in [3.63, 3.8) is 0 Å². The molecule has 0 radical (unpaired) electrons. The average Bonchev–Trinajstić information content (AvgIpc) is 2.57. The van der Waals surface area contributed by atoms with Gasteiger partial charge in [0.2, 0.25) is 5.91 Å². The van der Waals surface area contributed by atoms with Crippen LogP contribution >= 0.6 is 0 Å². The van der Waals surface area contributed by atoms with Crippen LogP contribution in [-0.2, 0) is 17.8 Å². The van der Waals surface area contributed by atoms with Gasteiger partial charge in [-0.15, -0.1) is 0 Å². The first-order valence-electron chi connectivity index (χ1n) is 7.27. The number of amides is 1. The number of hydrogen-bond donors (Lipinski definition) is 0. The summed E-state index contributed by atoms with van der Waals surface area (Å²) in [6, 6.07) is 10.4. The van der Waals surface area contributed by atoms with Crippen molar-refractivity contribution in [1.29, 1.82) is 0 Å². The Hall–Kier alpha value is -3.29. The number of aryl methyl sites for hydroxylation is 1. The number of non-ortho nitro benzene ring substituents is 2. The zero-order valence-corrected chi connectivity index (χ0v) is 12.5. The van der Waals surface area contributed by atoms with Crippen molar-refractivity contribution in [2.24, 2.45) is 0 Å². The molecule has 0 saturated carbocycles. The van der Waals surface area contributed by atoms with Crippen LogP contribution in [0, 0.1) is 20.2 Å². The van der Waals surface area contributed by atoms with Crippen molar-refractivity contribution in [2.45, 2.75) is 19.4 Å². The standard InChI is InChI=1S/C16H13N3O5/c20-16-8-3-12-9-14(19(23)24)6-7-15(12)17(16)10-11-1-4-13(5-2-11)18(21)22/h1-2,4-7,9H,3,8,10H2. The molecule has 2 aromatic carbocycles. The van der Waals surface area contributed by atoms with Gasteiger partial charge >= 0.3 is 0 Å². The van der Waals surface area contributed by atoms with Gasteiger partial charge in [-0.2, -0.15) is 0 Å². The van der Waals surface area contributed by atoms with E-state index in [4.69, 9.17) is 0 Å². The zero-order valence-electron chi connectivity index (χ0n) is 12.5. The first-order valence-corrected chi connectivity index (χ1v) is 7.27. The normalized spacial score (nSPS) is 13.5. The van der Waals surface area contributed by atoms with Gasteiger partial charge in [-0.25, -0.2) is 0 Å². The Morgan fingerprint density at radius 1 is 0.917 bits per heavy atom. The number of hydrogen-bond acceptors (Lipinski definition) is 5. The molecule has 24 heavy (non-hydrogen) atoms. The molecule has 0 atom stereocenters. The van der Waals surface area contributed by atoms with E-state index < -0.39 is 9.85 Å². The van der Waals surface area contributed by atoms with Crippen molar-refractivity contribution < 1.29 is 14.6 Å². The molecule has 1 heterocycles. The van der Waals surface area contributed by atoms with Crippen molar-refractivity contribution in [3.05, 3.63) is 73.8 Å². The molecule has 122 valence electrons. The summed E-state index contributed by atoms with van der Waals surface area (Å²) in [5.74, 6) is -0.0743. The fourth-order valence-corrected chi connectivity index (χ4v) is 2.74. The van der Waals surface area contributed by atoms with Crippen LogP contribution < -0.4 is 4.90 Å². The molecule has 0 spiro atoms. The monoisotopic (exact) mass is 327 g/mol. The fraction of sp³-hybridized carbons (Fsp3) is 0.188. The Balaban J connectivity index is 1.89. The Labute approximate surface area is 136 Å². The Morgan fingerprint density at radius 2 is 1.54 bits per heavy atom. The molecule has 1 amide bonds. The molecule has 2 aromatic rings. The summed E-state index contributed by atoms with van der Waals surface area (Å²) in [6.45, 7) is 0.266. The van der Waals surface area contributed by atoms with Crippen LogP contribution in [0.3, 0.4) is 0 Å². The Bertz CT molecular complexity index is 832. The summed E-state index contributed by atoms with van der Waals surface area (Å²) in [6.07, 6.45) is 0.744. The maximum Gasteiger partial charge on any atom is 0.269 e. The number of nitrogens with zero attached hydrogens (tertiary/aromatic N) is 3. The van der Waals surface area contributed by atoms with Gasteiger partial charge in [0.1, 0.15) is 0 Å². The highest BCUT2D eigenvalue weighted by Crippen LogP contribution is 2.32. The van der Waals surface area contributed by atoms with Crippen LogP contribution in [0.4, 0.5) is 17.1 Å². The highest BCUT2D eigenvalue weighted by molar-refractivity contribution is 5.96. The van der Waals surface area contributed by atoms with Gasteiger partial charge in [-0.05, 0) is 23.6 Å². The van der Waals surface area contributed by atoms with E-state index in [0.29, 0.717) is 12.1 Å². The van der Waals surface area contributed by atoms with Gasteiger partial charge in [0.05, 0.1) is 16.4 Å². The molecule has 0 N–H and O–H groups in total. The van der Waals surface area contributed by atoms with Crippen LogP contribution in [0.2, 0.25) is 0 Å². The smallest absolute Gasteiger partial charge is 0.269 e.